The molecule has 0 saturated heterocycles. The van der Waals surface area contributed by atoms with Crippen LogP contribution in [-0.2, 0) is 17.9 Å². The number of benzene rings is 2. The Labute approximate surface area is 165 Å². The van der Waals surface area contributed by atoms with Crippen molar-refractivity contribution in [2.45, 2.75) is 20.0 Å². The number of aryl methyl sites for hydroxylation is 1. The molecule has 2 aromatic heterocycles. The fraction of sp³-hybridized carbons (Fsp3) is 0.158. The molecule has 2 aromatic carbocycles. The Morgan fingerprint density at radius 1 is 1.14 bits per heavy atom. The van der Waals surface area contributed by atoms with Gasteiger partial charge < -0.3 is 5.32 Å². The van der Waals surface area contributed by atoms with Crippen molar-refractivity contribution >= 4 is 34.2 Å². The number of nitrogens with zero attached hydrogens (tertiary/aromatic N) is 5. The van der Waals surface area contributed by atoms with Crippen LogP contribution in [0.3, 0.4) is 0 Å². The van der Waals surface area contributed by atoms with Gasteiger partial charge in [-0.2, -0.15) is 5.10 Å². The molecule has 8 nitrogen and oxygen atoms in total. The molecule has 0 spiro atoms. The molecule has 0 fully saturated rings. The lowest BCUT2D eigenvalue weighted by atomic mass is 10.2. The smallest absolute Gasteiger partial charge is 0.323 e. The Morgan fingerprint density at radius 2 is 1.89 bits per heavy atom. The molecule has 1 N–H and O–H groups in total. The molecular weight excluding hydrogens is 380 g/mol. The number of anilines is 1. The quantitative estimate of drug-likeness (QED) is 0.562. The van der Waals surface area contributed by atoms with E-state index in [2.05, 4.69) is 15.4 Å². The van der Waals surface area contributed by atoms with Crippen LogP contribution < -0.4 is 11.0 Å². The van der Waals surface area contributed by atoms with E-state index in [0.29, 0.717) is 28.5 Å². The summed E-state index contributed by atoms with van der Waals surface area (Å²) < 4.78 is 4.64. The normalized spacial score (nSPS) is 11.1. The third-order valence-electron chi connectivity index (χ3n) is 4.44. The first-order valence-corrected chi connectivity index (χ1v) is 9.08. The summed E-state index contributed by atoms with van der Waals surface area (Å²) in [5.41, 5.74) is 2.40. The maximum absolute atomic E-state index is 12.7. The summed E-state index contributed by atoms with van der Waals surface area (Å²) in [5.74, 6) is -0.343. The lowest BCUT2D eigenvalue weighted by Gasteiger charge is -2.11. The highest BCUT2D eigenvalue weighted by atomic mass is 35.5. The number of carbonyl (C=O) groups excluding carboxylic acids is 1. The minimum atomic E-state index is -0.343. The summed E-state index contributed by atoms with van der Waals surface area (Å²) in [6.07, 6.45) is 2.93. The van der Waals surface area contributed by atoms with Crippen LogP contribution in [-0.4, -0.2) is 29.8 Å². The second-order valence-electron chi connectivity index (χ2n) is 6.15. The number of amides is 1. The molecule has 4 rings (SSSR count). The number of carbonyl (C=O) groups is 1. The summed E-state index contributed by atoms with van der Waals surface area (Å²) in [6, 6.07) is 12.5. The molecular formula is C19H17ClN6O2. The molecule has 0 aliphatic carbocycles. The Morgan fingerprint density at radius 3 is 2.57 bits per heavy atom. The summed E-state index contributed by atoms with van der Waals surface area (Å²) in [7, 11) is 0. The minimum Gasteiger partial charge on any atom is -0.323 e. The van der Waals surface area contributed by atoms with Gasteiger partial charge in [0, 0.05) is 11.6 Å². The number of para-hydroxylation sites is 2. The van der Waals surface area contributed by atoms with E-state index >= 15 is 0 Å². The highest BCUT2D eigenvalue weighted by Crippen LogP contribution is 2.24. The first-order chi connectivity index (χ1) is 13.6. The second-order valence-corrected chi connectivity index (χ2v) is 6.59. The van der Waals surface area contributed by atoms with E-state index in [1.54, 1.807) is 22.8 Å². The molecule has 0 aliphatic heterocycles. The number of halogens is 1. The third kappa shape index (κ3) is 3.18. The maximum atomic E-state index is 12.7. The van der Waals surface area contributed by atoms with Crippen molar-refractivity contribution < 1.29 is 4.79 Å². The average Bonchev–Trinajstić information content (AvgIpc) is 3.29. The number of rotatable bonds is 5. The Bertz CT molecular complexity index is 1210. The minimum absolute atomic E-state index is 0.115. The zero-order chi connectivity index (χ0) is 19.7. The molecule has 4 aromatic rings. The van der Waals surface area contributed by atoms with Gasteiger partial charge in [0.05, 0.1) is 22.4 Å². The number of hydrogen-bond donors (Lipinski definition) is 1. The van der Waals surface area contributed by atoms with Gasteiger partial charge in [-0.1, -0.05) is 23.7 Å². The van der Waals surface area contributed by atoms with Gasteiger partial charge in [-0.05, 0) is 37.3 Å². The number of fused-ring (bicyclic) bond motifs is 1. The van der Waals surface area contributed by atoms with Gasteiger partial charge in [0.15, 0.2) is 0 Å². The zero-order valence-corrected chi connectivity index (χ0v) is 15.8. The molecule has 28 heavy (non-hydrogen) atoms. The van der Waals surface area contributed by atoms with Crippen LogP contribution in [0, 0.1) is 0 Å². The molecule has 0 atom stereocenters. The highest BCUT2D eigenvalue weighted by Gasteiger charge is 2.16. The van der Waals surface area contributed by atoms with Gasteiger partial charge in [0.1, 0.15) is 19.2 Å². The molecule has 0 bridgehead atoms. The molecule has 0 radical (unpaired) electrons. The van der Waals surface area contributed by atoms with E-state index in [-0.39, 0.29) is 18.1 Å². The maximum Gasteiger partial charge on any atom is 0.329 e. The monoisotopic (exact) mass is 396 g/mol. The molecule has 1 amide bonds. The number of hydrogen-bond acceptors (Lipinski definition) is 4. The van der Waals surface area contributed by atoms with Crippen LogP contribution in [0.4, 0.5) is 5.69 Å². The summed E-state index contributed by atoms with van der Waals surface area (Å²) in [6.45, 7) is 2.31. The van der Waals surface area contributed by atoms with Gasteiger partial charge in [-0.3, -0.25) is 13.9 Å². The Balaban J connectivity index is 1.67. The van der Waals surface area contributed by atoms with Crippen molar-refractivity contribution in [1.29, 1.82) is 0 Å². The van der Waals surface area contributed by atoms with Crippen LogP contribution in [0.25, 0.3) is 16.7 Å². The molecule has 0 aliphatic rings. The molecule has 142 valence electrons. The van der Waals surface area contributed by atoms with Crippen molar-refractivity contribution in [1.82, 2.24) is 23.9 Å². The van der Waals surface area contributed by atoms with Crippen LogP contribution in [0.2, 0.25) is 5.02 Å². The topological polar surface area (TPSA) is 86.7 Å². The number of aromatic nitrogens is 5. The van der Waals surface area contributed by atoms with Crippen molar-refractivity contribution in [2.75, 3.05) is 5.32 Å². The van der Waals surface area contributed by atoms with Gasteiger partial charge in [0.25, 0.3) is 0 Å². The first-order valence-electron chi connectivity index (χ1n) is 8.71. The predicted octanol–water partition coefficient (Wildman–Crippen LogP) is 2.70. The van der Waals surface area contributed by atoms with Gasteiger partial charge >= 0.3 is 5.69 Å². The highest BCUT2D eigenvalue weighted by molar-refractivity contribution is 6.31. The molecule has 2 heterocycles. The SMILES string of the molecule is CCn1c(=O)n(CC(=O)Nc2cc(Cl)ccc2-n2cncn2)c2ccccc21. The number of imidazole rings is 1. The lowest BCUT2D eigenvalue weighted by Crippen LogP contribution is -2.29. The standard InChI is InChI=1S/C19H17ClN6O2/c1-2-24-16-5-3-4-6-17(16)25(19(24)28)10-18(27)23-14-9-13(20)7-8-15(14)26-12-21-11-22-26/h3-9,11-12H,2,10H2,1H3,(H,23,27). The summed E-state index contributed by atoms with van der Waals surface area (Å²) >= 11 is 6.09. The Hall–Kier alpha value is -3.39. The van der Waals surface area contributed by atoms with Crippen molar-refractivity contribution in [3.63, 3.8) is 0 Å². The largest absolute Gasteiger partial charge is 0.329 e. The Kier molecular flexibility index (Phi) is 4.70. The fourth-order valence-electron chi connectivity index (χ4n) is 3.20. The summed E-state index contributed by atoms with van der Waals surface area (Å²) in [4.78, 5) is 29.4. The lowest BCUT2D eigenvalue weighted by molar-refractivity contribution is -0.116. The summed E-state index contributed by atoms with van der Waals surface area (Å²) in [5, 5.41) is 7.39. The van der Waals surface area contributed by atoms with E-state index in [1.807, 2.05) is 31.2 Å². The zero-order valence-electron chi connectivity index (χ0n) is 15.0. The van der Waals surface area contributed by atoms with Crippen LogP contribution in [0.15, 0.2) is 59.9 Å². The van der Waals surface area contributed by atoms with Crippen LogP contribution >= 0.6 is 11.6 Å². The molecule has 9 heteroatoms. The molecule has 0 saturated carbocycles. The van der Waals surface area contributed by atoms with Gasteiger partial charge in [-0.15, -0.1) is 0 Å². The average molecular weight is 397 g/mol. The number of nitrogens with one attached hydrogen (secondary N) is 1. The predicted molar refractivity (Wildman–Crippen MR) is 107 cm³/mol. The van der Waals surface area contributed by atoms with Crippen molar-refractivity contribution in [3.8, 4) is 5.69 Å². The van der Waals surface area contributed by atoms with Crippen LogP contribution in [0.1, 0.15) is 6.92 Å². The first kappa shape index (κ1) is 18.0. The third-order valence-corrected chi connectivity index (χ3v) is 4.68. The van der Waals surface area contributed by atoms with Crippen molar-refractivity contribution in [3.05, 3.63) is 70.6 Å². The van der Waals surface area contributed by atoms with E-state index in [9.17, 15) is 9.59 Å². The molecule has 0 unspecified atom stereocenters. The van der Waals surface area contributed by atoms with E-state index in [4.69, 9.17) is 11.6 Å². The van der Waals surface area contributed by atoms with Crippen molar-refractivity contribution in [2.24, 2.45) is 0 Å². The second kappa shape index (κ2) is 7.32. The fourth-order valence-corrected chi connectivity index (χ4v) is 3.38. The van der Waals surface area contributed by atoms with E-state index in [1.165, 1.54) is 21.9 Å². The van der Waals surface area contributed by atoms with Crippen LogP contribution in [0.5, 0.6) is 0 Å². The van der Waals surface area contributed by atoms with Gasteiger partial charge in [0.2, 0.25) is 5.91 Å². The van der Waals surface area contributed by atoms with E-state index < -0.39 is 0 Å². The van der Waals surface area contributed by atoms with Gasteiger partial charge in [-0.25, -0.2) is 14.5 Å². The van der Waals surface area contributed by atoms with E-state index in [0.717, 1.165) is 5.52 Å².